The van der Waals surface area contributed by atoms with E-state index >= 15 is 0 Å². The molecule has 0 bridgehead atoms. The molecule has 4 rings (SSSR count). The fourth-order valence-corrected chi connectivity index (χ4v) is 3.04. The molecule has 0 amide bonds. The van der Waals surface area contributed by atoms with Gasteiger partial charge in [0.05, 0.1) is 11.1 Å². The van der Waals surface area contributed by atoms with E-state index in [0.717, 1.165) is 11.3 Å². The van der Waals surface area contributed by atoms with Crippen molar-refractivity contribution < 1.29 is 18.7 Å². The van der Waals surface area contributed by atoms with E-state index in [1.54, 1.807) is 30.3 Å². The minimum absolute atomic E-state index is 0.134. The summed E-state index contributed by atoms with van der Waals surface area (Å²) in [6, 6.07) is 10.1. The predicted octanol–water partition coefficient (Wildman–Crippen LogP) is 4.00. The second kappa shape index (κ2) is 6.01. The predicted molar refractivity (Wildman–Crippen MR) is 92.0 cm³/mol. The van der Waals surface area contributed by atoms with E-state index in [1.165, 1.54) is 12.1 Å². The summed E-state index contributed by atoms with van der Waals surface area (Å²) < 4.78 is 25.5. The van der Waals surface area contributed by atoms with Crippen molar-refractivity contribution in [2.24, 2.45) is 0 Å². The summed E-state index contributed by atoms with van der Waals surface area (Å²) in [6.07, 6.45) is 1.45. The Hall–Kier alpha value is -2.66. The van der Waals surface area contributed by atoms with E-state index in [2.05, 4.69) is 18.7 Å². The first-order valence-corrected chi connectivity index (χ1v) is 8.26. The highest BCUT2D eigenvalue weighted by Gasteiger charge is 2.34. The molecule has 0 unspecified atom stereocenters. The van der Waals surface area contributed by atoms with Crippen LogP contribution in [0.3, 0.4) is 0 Å². The van der Waals surface area contributed by atoms with Gasteiger partial charge in [0.15, 0.2) is 5.76 Å². The average Bonchev–Trinajstić information content (AvgIpc) is 2.93. The van der Waals surface area contributed by atoms with Crippen LogP contribution in [-0.4, -0.2) is 23.5 Å². The van der Waals surface area contributed by atoms with Crippen molar-refractivity contribution in [3.05, 3.63) is 64.7 Å². The fraction of sp³-hybridized carbons (Fsp3) is 0.250. The van der Waals surface area contributed by atoms with Crippen molar-refractivity contribution in [2.75, 3.05) is 6.73 Å². The molecular weight excluding hydrogens is 321 g/mol. The van der Waals surface area contributed by atoms with Crippen LogP contribution in [0.15, 0.2) is 42.2 Å². The number of ketones is 1. The number of nitrogens with zero attached hydrogens (tertiary/aromatic N) is 1. The highest BCUT2D eigenvalue weighted by molar-refractivity contribution is 6.15. The van der Waals surface area contributed by atoms with Gasteiger partial charge in [-0.05, 0) is 38.1 Å². The van der Waals surface area contributed by atoms with Crippen molar-refractivity contribution in [2.45, 2.75) is 26.4 Å². The molecule has 0 saturated carbocycles. The standard InChI is InChI=1S/C20H18FNO3/c1-12(2)22-10-15-17(24-11-22)8-7-14-19(23)18(25-20(14)15)9-13-5-3-4-6-16(13)21/h3-9,12H,10-11H2,1-2H3/b18-9-. The molecule has 4 nitrogen and oxygen atoms in total. The number of hydrogen-bond donors (Lipinski definition) is 0. The smallest absolute Gasteiger partial charge is 0.231 e. The number of ether oxygens (including phenoxy) is 2. The van der Waals surface area contributed by atoms with Gasteiger partial charge in [0.1, 0.15) is 24.0 Å². The first-order chi connectivity index (χ1) is 12.0. The number of rotatable bonds is 2. The molecule has 0 atom stereocenters. The lowest BCUT2D eigenvalue weighted by atomic mass is 10.0. The summed E-state index contributed by atoms with van der Waals surface area (Å²) in [7, 11) is 0. The molecule has 2 aromatic carbocycles. The Morgan fingerprint density at radius 2 is 2.00 bits per heavy atom. The number of allylic oxidation sites excluding steroid dienone is 1. The molecule has 0 radical (unpaired) electrons. The van der Waals surface area contributed by atoms with E-state index in [0.29, 0.717) is 36.2 Å². The van der Waals surface area contributed by atoms with E-state index in [1.807, 2.05) is 0 Å². The zero-order valence-corrected chi connectivity index (χ0v) is 14.1. The normalized spacial score (nSPS) is 18.1. The van der Waals surface area contributed by atoms with E-state index < -0.39 is 5.82 Å². The van der Waals surface area contributed by atoms with Crippen molar-refractivity contribution in [3.8, 4) is 11.5 Å². The number of carbonyl (C=O) groups excluding carboxylic acids is 1. The molecule has 2 heterocycles. The summed E-state index contributed by atoms with van der Waals surface area (Å²) in [5.74, 6) is 0.766. The molecule has 25 heavy (non-hydrogen) atoms. The summed E-state index contributed by atoms with van der Waals surface area (Å²) in [5.41, 5.74) is 1.69. The summed E-state index contributed by atoms with van der Waals surface area (Å²) >= 11 is 0. The number of carbonyl (C=O) groups is 1. The van der Waals surface area contributed by atoms with Crippen molar-refractivity contribution in [3.63, 3.8) is 0 Å². The lowest BCUT2D eigenvalue weighted by Gasteiger charge is -2.32. The topological polar surface area (TPSA) is 38.8 Å². The zero-order valence-electron chi connectivity index (χ0n) is 14.1. The molecule has 2 aliphatic rings. The van der Waals surface area contributed by atoms with Gasteiger partial charge in [0, 0.05) is 18.2 Å². The van der Waals surface area contributed by atoms with Crippen LogP contribution in [0.4, 0.5) is 4.39 Å². The Balaban J connectivity index is 1.73. The molecular formula is C20H18FNO3. The van der Waals surface area contributed by atoms with Crippen LogP contribution >= 0.6 is 0 Å². The third-order valence-corrected chi connectivity index (χ3v) is 4.57. The van der Waals surface area contributed by atoms with Gasteiger partial charge in [-0.2, -0.15) is 0 Å². The van der Waals surface area contributed by atoms with Crippen molar-refractivity contribution >= 4 is 11.9 Å². The van der Waals surface area contributed by atoms with E-state index in [9.17, 15) is 9.18 Å². The van der Waals surface area contributed by atoms with Crippen molar-refractivity contribution in [1.82, 2.24) is 4.90 Å². The summed E-state index contributed by atoms with van der Waals surface area (Å²) in [5, 5.41) is 0. The largest absolute Gasteiger partial charge is 0.478 e. The molecule has 2 aliphatic heterocycles. The Morgan fingerprint density at radius 1 is 1.20 bits per heavy atom. The minimum atomic E-state index is -0.390. The molecule has 0 aliphatic carbocycles. The first kappa shape index (κ1) is 15.8. The lowest BCUT2D eigenvalue weighted by Crippen LogP contribution is -2.37. The Kier molecular flexibility index (Phi) is 3.81. The molecule has 5 heteroatoms. The van der Waals surface area contributed by atoms with Crippen LogP contribution in [0.5, 0.6) is 11.5 Å². The number of Topliss-reactive ketones (excluding diaryl/α,β-unsaturated/α-hetero) is 1. The molecule has 0 N–H and O–H groups in total. The highest BCUT2D eigenvalue weighted by Crippen LogP contribution is 2.42. The van der Waals surface area contributed by atoms with E-state index in [4.69, 9.17) is 9.47 Å². The molecule has 0 saturated heterocycles. The monoisotopic (exact) mass is 339 g/mol. The fourth-order valence-electron chi connectivity index (χ4n) is 3.04. The minimum Gasteiger partial charge on any atom is -0.478 e. The third-order valence-electron chi connectivity index (χ3n) is 4.57. The van der Waals surface area contributed by atoms with Crippen molar-refractivity contribution in [1.29, 1.82) is 0 Å². The van der Waals surface area contributed by atoms with Gasteiger partial charge >= 0.3 is 0 Å². The van der Waals surface area contributed by atoms with Crippen LogP contribution in [0.25, 0.3) is 6.08 Å². The van der Waals surface area contributed by atoms with Gasteiger partial charge in [0.25, 0.3) is 0 Å². The molecule has 0 aromatic heterocycles. The SMILES string of the molecule is CC(C)N1COc2ccc3c(c2C1)O/C(=C\c1ccccc1F)C3=O. The summed E-state index contributed by atoms with van der Waals surface area (Å²) in [4.78, 5) is 14.8. The maximum Gasteiger partial charge on any atom is 0.231 e. The Bertz CT molecular complexity index is 889. The van der Waals surface area contributed by atoms with Crippen LogP contribution in [0.1, 0.15) is 35.3 Å². The quantitative estimate of drug-likeness (QED) is 0.775. The van der Waals surface area contributed by atoms with Crippen LogP contribution in [0, 0.1) is 5.82 Å². The zero-order chi connectivity index (χ0) is 17.6. The average molecular weight is 339 g/mol. The van der Waals surface area contributed by atoms with Gasteiger partial charge in [-0.25, -0.2) is 4.39 Å². The van der Waals surface area contributed by atoms with E-state index in [-0.39, 0.29) is 11.5 Å². The highest BCUT2D eigenvalue weighted by atomic mass is 19.1. The maximum absolute atomic E-state index is 13.9. The van der Waals surface area contributed by atoms with Gasteiger partial charge in [-0.15, -0.1) is 0 Å². The van der Waals surface area contributed by atoms with Gasteiger partial charge in [0.2, 0.25) is 5.78 Å². The molecule has 0 fully saturated rings. The molecule has 0 spiro atoms. The summed E-state index contributed by atoms with van der Waals surface area (Å²) in [6.45, 7) is 5.34. The third kappa shape index (κ3) is 2.70. The number of hydrogen-bond acceptors (Lipinski definition) is 4. The second-order valence-corrected chi connectivity index (χ2v) is 6.49. The first-order valence-electron chi connectivity index (χ1n) is 8.26. The Labute approximate surface area is 145 Å². The number of fused-ring (bicyclic) bond motifs is 3. The van der Waals surface area contributed by atoms with Crippen LogP contribution in [0.2, 0.25) is 0 Å². The van der Waals surface area contributed by atoms with Crippen LogP contribution < -0.4 is 9.47 Å². The van der Waals surface area contributed by atoms with Gasteiger partial charge in [-0.1, -0.05) is 18.2 Å². The maximum atomic E-state index is 13.9. The van der Waals surface area contributed by atoms with Crippen LogP contribution in [-0.2, 0) is 6.54 Å². The molecule has 128 valence electrons. The molecule has 2 aromatic rings. The van der Waals surface area contributed by atoms with Gasteiger partial charge < -0.3 is 9.47 Å². The van der Waals surface area contributed by atoms with Gasteiger partial charge in [-0.3, -0.25) is 9.69 Å². The number of halogens is 1. The Morgan fingerprint density at radius 3 is 2.76 bits per heavy atom. The second-order valence-electron chi connectivity index (χ2n) is 6.49. The lowest BCUT2D eigenvalue weighted by molar-refractivity contribution is 0.0674. The number of benzene rings is 2.